The van der Waals surface area contributed by atoms with E-state index in [1.165, 1.54) is 4.90 Å². The molecule has 0 aromatic heterocycles. The summed E-state index contributed by atoms with van der Waals surface area (Å²) < 4.78 is 5.54. The van der Waals surface area contributed by atoms with E-state index in [0.29, 0.717) is 29.0 Å². The minimum atomic E-state index is -0.336. The van der Waals surface area contributed by atoms with Crippen LogP contribution in [0.2, 0.25) is 0 Å². The molecule has 138 valence electrons. The van der Waals surface area contributed by atoms with Crippen LogP contribution in [0.3, 0.4) is 0 Å². The van der Waals surface area contributed by atoms with Gasteiger partial charge in [-0.3, -0.25) is 19.3 Å². The molecule has 2 aromatic carbocycles. The Morgan fingerprint density at radius 1 is 1.15 bits per heavy atom. The van der Waals surface area contributed by atoms with E-state index in [-0.39, 0.29) is 30.4 Å². The van der Waals surface area contributed by atoms with Gasteiger partial charge in [0.1, 0.15) is 0 Å². The summed E-state index contributed by atoms with van der Waals surface area (Å²) in [6.07, 6.45) is 1.71. The zero-order valence-electron chi connectivity index (χ0n) is 15.0. The maximum absolute atomic E-state index is 12.7. The Balaban J connectivity index is 1.53. The molecule has 27 heavy (non-hydrogen) atoms. The van der Waals surface area contributed by atoms with Crippen LogP contribution < -0.4 is 5.32 Å². The van der Waals surface area contributed by atoms with E-state index in [9.17, 15) is 14.4 Å². The van der Waals surface area contributed by atoms with Crippen LogP contribution in [0.1, 0.15) is 49.5 Å². The molecule has 1 saturated heterocycles. The number of hydrogen-bond acceptors (Lipinski definition) is 4. The number of nitrogens with one attached hydrogen (secondary N) is 1. The van der Waals surface area contributed by atoms with Crippen molar-refractivity contribution in [2.24, 2.45) is 0 Å². The topological polar surface area (TPSA) is 75.7 Å². The second-order valence-corrected chi connectivity index (χ2v) is 6.94. The van der Waals surface area contributed by atoms with E-state index >= 15 is 0 Å². The molecule has 3 amide bonds. The fourth-order valence-electron chi connectivity index (χ4n) is 3.52. The van der Waals surface area contributed by atoms with Gasteiger partial charge in [0.15, 0.2) is 0 Å². The van der Waals surface area contributed by atoms with E-state index in [1.807, 2.05) is 19.1 Å². The molecule has 1 fully saturated rings. The maximum atomic E-state index is 12.7. The molecule has 0 unspecified atom stereocenters. The first-order chi connectivity index (χ1) is 13.0. The molecule has 2 aliphatic rings. The van der Waals surface area contributed by atoms with Gasteiger partial charge in [-0.2, -0.15) is 0 Å². The third-order valence-electron chi connectivity index (χ3n) is 4.92. The van der Waals surface area contributed by atoms with Crippen molar-refractivity contribution in [3.8, 4) is 0 Å². The van der Waals surface area contributed by atoms with Gasteiger partial charge in [0.05, 0.1) is 23.8 Å². The fourth-order valence-corrected chi connectivity index (χ4v) is 3.52. The number of fused-ring (bicyclic) bond motifs is 1. The standard InChI is InChI=1S/C21H20N2O4/c1-13-4-2-5-14(10-13)19(24)22-15-7-8-17-18(11-15)21(26)23(20(17)25)12-16-6-3-9-27-16/h2,4-5,7-8,10-11,16H,3,6,9,12H2,1H3,(H,22,24)/t16-/m0/s1. The second kappa shape index (κ2) is 6.96. The quantitative estimate of drug-likeness (QED) is 0.846. The number of imide groups is 1. The van der Waals surface area contributed by atoms with Gasteiger partial charge < -0.3 is 10.1 Å². The first-order valence-electron chi connectivity index (χ1n) is 9.03. The highest BCUT2D eigenvalue weighted by Crippen LogP contribution is 2.27. The number of rotatable bonds is 4. The molecule has 1 N–H and O–H groups in total. The molecule has 0 radical (unpaired) electrons. The van der Waals surface area contributed by atoms with Gasteiger partial charge >= 0.3 is 0 Å². The van der Waals surface area contributed by atoms with Gasteiger partial charge in [-0.1, -0.05) is 17.7 Å². The number of hydrogen-bond donors (Lipinski definition) is 1. The van der Waals surface area contributed by atoms with E-state index < -0.39 is 0 Å². The third kappa shape index (κ3) is 3.36. The third-order valence-corrected chi connectivity index (χ3v) is 4.92. The number of nitrogens with zero attached hydrogens (tertiary/aromatic N) is 1. The van der Waals surface area contributed by atoms with Crippen LogP contribution in [0.5, 0.6) is 0 Å². The zero-order valence-corrected chi connectivity index (χ0v) is 15.0. The highest BCUT2D eigenvalue weighted by atomic mass is 16.5. The molecule has 6 nitrogen and oxygen atoms in total. The molecular formula is C21H20N2O4. The van der Waals surface area contributed by atoms with Crippen molar-refractivity contribution in [1.29, 1.82) is 0 Å². The molecule has 0 bridgehead atoms. The highest BCUT2D eigenvalue weighted by Gasteiger charge is 2.37. The Hall–Kier alpha value is -2.99. The summed E-state index contributed by atoms with van der Waals surface area (Å²) in [5.41, 5.74) is 2.70. The first kappa shape index (κ1) is 17.4. The predicted molar refractivity (Wildman–Crippen MR) is 99.9 cm³/mol. The lowest BCUT2D eigenvalue weighted by Gasteiger charge is -2.17. The molecule has 2 heterocycles. The summed E-state index contributed by atoms with van der Waals surface area (Å²) in [6.45, 7) is 2.86. The van der Waals surface area contributed by atoms with Gasteiger partial charge in [0.2, 0.25) is 0 Å². The lowest BCUT2D eigenvalue weighted by Crippen LogP contribution is -2.36. The number of aryl methyl sites for hydroxylation is 1. The van der Waals surface area contributed by atoms with Crippen molar-refractivity contribution >= 4 is 23.4 Å². The van der Waals surface area contributed by atoms with Crippen LogP contribution in [0, 0.1) is 6.92 Å². The Morgan fingerprint density at radius 3 is 2.70 bits per heavy atom. The summed E-state index contributed by atoms with van der Waals surface area (Å²) in [5, 5.41) is 2.79. The summed E-state index contributed by atoms with van der Waals surface area (Å²) in [5.74, 6) is -0.897. The smallest absolute Gasteiger partial charge is 0.261 e. The van der Waals surface area contributed by atoms with E-state index in [4.69, 9.17) is 4.74 Å². The zero-order chi connectivity index (χ0) is 19.0. The Morgan fingerprint density at radius 2 is 1.96 bits per heavy atom. The van der Waals surface area contributed by atoms with E-state index in [1.54, 1.807) is 30.3 Å². The highest BCUT2D eigenvalue weighted by molar-refractivity contribution is 6.22. The molecule has 4 rings (SSSR count). The van der Waals surface area contributed by atoms with Crippen LogP contribution in [-0.2, 0) is 4.74 Å². The van der Waals surface area contributed by atoms with Crippen LogP contribution in [-0.4, -0.2) is 41.9 Å². The number of ether oxygens (including phenoxy) is 1. The van der Waals surface area contributed by atoms with E-state index in [2.05, 4.69) is 5.32 Å². The van der Waals surface area contributed by atoms with Gasteiger partial charge in [-0.15, -0.1) is 0 Å². The fraction of sp³-hybridized carbons (Fsp3) is 0.286. The van der Waals surface area contributed by atoms with Crippen LogP contribution >= 0.6 is 0 Å². The number of carbonyl (C=O) groups excluding carboxylic acids is 3. The SMILES string of the molecule is Cc1cccc(C(=O)Nc2ccc3c(c2)C(=O)N(C[C@@H]2CCCO2)C3=O)c1. The molecular weight excluding hydrogens is 344 g/mol. The molecule has 2 aromatic rings. The monoisotopic (exact) mass is 364 g/mol. The summed E-state index contributed by atoms with van der Waals surface area (Å²) in [7, 11) is 0. The van der Waals surface area contributed by atoms with Crippen LogP contribution in [0.25, 0.3) is 0 Å². The number of carbonyl (C=O) groups is 3. The first-order valence-corrected chi connectivity index (χ1v) is 9.03. The van der Waals surface area contributed by atoms with Crippen LogP contribution in [0.4, 0.5) is 5.69 Å². The average molecular weight is 364 g/mol. The van der Waals surface area contributed by atoms with Crippen molar-refractivity contribution in [2.45, 2.75) is 25.9 Å². The number of benzene rings is 2. The normalized spacial score (nSPS) is 18.7. The lowest BCUT2D eigenvalue weighted by atomic mass is 10.1. The van der Waals surface area contributed by atoms with Crippen molar-refractivity contribution in [1.82, 2.24) is 4.90 Å². The lowest BCUT2D eigenvalue weighted by molar-refractivity contribution is 0.0475. The summed E-state index contributed by atoms with van der Waals surface area (Å²) in [6, 6.07) is 12.1. The van der Waals surface area contributed by atoms with Crippen molar-refractivity contribution < 1.29 is 19.1 Å². The number of amides is 3. The molecule has 2 aliphatic heterocycles. The molecule has 0 saturated carbocycles. The van der Waals surface area contributed by atoms with Crippen LogP contribution in [0.15, 0.2) is 42.5 Å². The Labute approximate surface area is 157 Å². The minimum absolute atomic E-state index is 0.0901. The molecule has 1 atom stereocenters. The van der Waals surface area contributed by atoms with Gasteiger partial charge in [-0.25, -0.2) is 0 Å². The summed E-state index contributed by atoms with van der Waals surface area (Å²) in [4.78, 5) is 38.9. The van der Waals surface area contributed by atoms with Crippen molar-refractivity contribution in [2.75, 3.05) is 18.5 Å². The van der Waals surface area contributed by atoms with Gasteiger partial charge in [0.25, 0.3) is 17.7 Å². The van der Waals surface area contributed by atoms with Gasteiger partial charge in [0, 0.05) is 17.9 Å². The average Bonchev–Trinajstić information content (AvgIpc) is 3.25. The minimum Gasteiger partial charge on any atom is -0.376 e. The van der Waals surface area contributed by atoms with E-state index in [0.717, 1.165) is 18.4 Å². The maximum Gasteiger partial charge on any atom is 0.261 e. The number of anilines is 1. The molecule has 6 heteroatoms. The Bertz CT molecular complexity index is 932. The molecule has 0 aliphatic carbocycles. The Kier molecular flexibility index (Phi) is 4.49. The second-order valence-electron chi connectivity index (χ2n) is 6.94. The molecule has 0 spiro atoms. The van der Waals surface area contributed by atoms with Crippen molar-refractivity contribution in [3.05, 3.63) is 64.7 Å². The summed E-state index contributed by atoms with van der Waals surface area (Å²) >= 11 is 0. The largest absolute Gasteiger partial charge is 0.376 e. The van der Waals surface area contributed by atoms with Gasteiger partial charge in [-0.05, 0) is 50.1 Å². The predicted octanol–water partition coefficient (Wildman–Crippen LogP) is 3.02. The van der Waals surface area contributed by atoms with Crippen molar-refractivity contribution in [3.63, 3.8) is 0 Å².